The lowest BCUT2D eigenvalue weighted by atomic mass is 9.62. The topological polar surface area (TPSA) is 26.3 Å². The molecule has 0 unspecified atom stereocenters. The summed E-state index contributed by atoms with van der Waals surface area (Å²) in [6.45, 7) is 5.74. The number of esters is 1. The number of carbonyl (C=O) groups excluding carboxylic acids is 1. The van der Waals surface area contributed by atoms with Gasteiger partial charge in [0, 0.05) is 9.89 Å². The van der Waals surface area contributed by atoms with Crippen molar-refractivity contribution in [3.05, 3.63) is 34.3 Å². The van der Waals surface area contributed by atoms with Crippen molar-refractivity contribution in [3.8, 4) is 0 Å². The van der Waals surface area contributed by atoms with E-state index < -0.39 is 5.60 Å². The monoisotopic (exact) mass is 324 g/mol. The molecule has 1 saturated carbocycles. The van der Waals surface area contributed by atoms with Gasteiger partial charge in [0.25, 0.3) is 0 Å². The highest BCUT2D eigenvalue weighted by Gasteiger charge is 2.41. The van der Waals surface area contributed by atoms with Crippen molar-refractivity contribution in [1.82, 2.24) is 0 Å². The highest BCUT2D eigenvalue weighted by molar-refractivity contribution is 9.10. The Labute approximate surface area is 123 Å². The predicted molar refractivity (Wildman–Crippen MR) is 80.1 cm³/mol. The van der Waals surface area contributed by atoms with Gasteiger partial charge >= 0.3 is 5.97 Å². The van der Waals surface area contributed by atoms with E-state index in [9.17, 15) is 4.79 Å². The largest absolute Gasteiger partial charge is 0.460 e. The summed E-state index contributed by atoms with van der Waals surface area (Å²) in [5.41, 5.74) is 0.859. The summed E-state index contributed by atoms with van der Waals surface area (Å²) in [6, 6.07) is 8.33. The predicted octanol–water partition coefficient (Wildman–Crippen LogP) is 4.60. The van der Waals surface area contributed by atoms with Gasteiger partial charge in [0.1, 0.15) is 5.60 Å². The number of hydrogen-bond donors (Lipinski definition) is 0. The van der Waals surface area contributed by atoms with Crippen LogP contribution in [0.3, 0.4) is 0 Å². The van der Waals surface area contributed by atoms with Crippen LogP contribution in [0.4, 0.5) is 0 Å². The lowest BCUT2D eigenvalue weighted by Crippen LogP contribution is -2.38. The van der Waals surface area contributed by atoms with Crippen molar-refractivity contribution in [2.45, 2.75) is 57.5 Å². The van der Waals surface area contributed by atoms with Crippen LogP contribution in [0, 0.1) is 0 Å². The van der Waals surface area contributed by atoms with E-state index in [0.717, 1.165) is 17.3 Å². The van der Waals surface area contributed by atoms with Gasteiger partial charge in [0.15, 0.2) is 0 Å². The minimum Gasteiger partial charge on any atom is -0.460 e. The lowest BCUT2D eigenvalue weighted by Gasteiger charge is -2.42. The average Bonchev–Trinajstić information content (AvgIpc) is 2.22. The number of hydrogen-bond acceptors (Lipinski definition) is 2. The maximum atomic E-state index is 12.1. The van der Waals surface area contributed by atoms with E-state index in [-0.39, 0.29) is 11.4 Å². The summed E-state index contributed by atoms with van der Waals surface area (Å²) in [5, 5.41) is 0. The number of benzene rings is 1. The summed E-state index contributed by atoms with van der Waals surface area (Å²) < 4.78 is 6.54. The highest BCUT2D eigenvalue weighted by atomic mass is 79.9. The van der Waals surface area contributed by atoms with E-state index in [0.29, 0.717) is 6.42 Å². The molecule has 19 heavy (non-hydrogen) atoms. The Hall–Kier alpha value is -0.830. The van der Waals surface area contributed by atoms with Crippen LogP contribution in [0.5, 0.6) is 0 Å². The Bertz CT molecular complexity index is 453. The Morgan fingerprint density at radius 3 is 2.26 bits per heavy atom. The van der Waals surface area contributed by atoms with Crippen LogP contribution in [0.2, 0.25) is 0 Å². The quantitative estimate of drug-likeness (QED) is 0.759. The Morgan fingerprint density at radius 2 is 1.84 bits per heavy atom. The summed E-state index contributed by atoms with van der Waals surface area (Å²) in [7, 11) is 0. The molecular weight excluding hydrogens is 304 g/mol. The van der Waals surface area contributed by atoms with Crippen LogP contribution >= 0.6 is 15.9 Å². The number of ether oxygens (including phenoxy) is 1. The molecule has 0 atom stereocenters. The molecule has 0 saturated heterocycles. The molecule has 0 aromatic heterocycles. The normalized spacial score (nSPS) is 17.7. The van der Waals surface area contributed by atoms with Crippen molar-refractivity contribution in [2.75, 3.05) is 0 Å². The SMILES string of the molecule is CC(C)(C)OC(=O)CC1(c2ccc(Br)cc2)CCC1. The van der Waals surface area contributed by atoms with Crippen molar-refractivity contribution in [1.29, 1.82) is 0 Å². The van der Waals surface area contributed by atoms with Crippen LogP contribution in [0.1, 0.15) is 52.0 Å². The number of carbonyl (C=O) groups is 1. The molecule has 2 nitrogen and oxygen atoms in total. The maximum absolute atomic E-state index is 12.1. The zero-order chi connectivity index (χ0) is 14.1. The fraction of sp³-hybridized carbons (Fsp3) is 0.562. The standard InChI is InChI=1S/C16H21BrO2/c1-15(2,3)19-14(18)11-16(9-4-10-16)12-5-7-13(17)8-6-12/h5-8H,4,9-11H2,1-3H3. The Balaban J connectivity index is 2.11. The third kappa shape index (κ3) is 3.59. The molecule has 3 heteroatoms. The van der Waals surface area contributed by atoms with Crippen molar-refractivity contribution in [2.24, 2.45) is 0 Å². The van der Waals surface area contributed by atoms with Crippen LogP contribution in [0.25, 0.3) is 0 Å². The summed E-state index contributed by atoms with van der Waals surface area (Å²) >= 11 is 3.45. The minimum atomic E-state index is -0.401. The zero-order valence-corrected chi connectivity index (χ0v) is 13.4. The lowest BCUT2D eigenvalue weighted by molar-refractivity contribution is -0.157. The first kappa shape index (κ1) is 14.6. The van der Waals surface area contributed by atoms with Gasteiger partial charge in [-0.2, -0.15) is 0 Å². The van der Waals surface area contributed by atoms with Crippen LogP contribution in [-0.4, -0.2) is 11.6 Å². The van der Waals surface area contributed by atoms with Crippen LogP contribution < -0.4 is 0 Å². The van der Waals surface area contributed by atoms with Crippen LogP contribution in [-0.2, 0) is 14.9 Å². The van der Waals surface area contributed by atoms with Crippen LogP contribution in [0.15, 0.2) is 28.7 Å². The second kappa shape index (κ2) is 5.28. The Morgan fingerprint density at radius 1 is 1.26 bits per heavy atom. The van der Waals surface area contributed by atoms with E-state index in [2.05, 4.69) is 28.1 Å². The molecule has 0 amide bonds. The molecule has 0 N–H and O–H groups in total. The fourth-order valence-corrected chi connectivity index (χ4v) is 2.89. The van der Waals surface area contributed by atoms with Gasteiger partial charge < -0.3 is 4.74 Å². The molecule has 1 aromatic rings. The smallest absolute Gasteiger partial charge is 0.307 e. The second-order valence-corrected chi connectivity index (χ2v) is 7.32. The first-order valence-corrected chi connectivity index (χ1v) is 7.58. The first-order valence-electron chi connectivity index (χ1n) is 6.79. The Kier molecular flexibility index (Phi) is 4.05. The molecule has 1 fully saturated rings. The zero-order valence-electron chi connectivity index (χ0n) is 11.8. The summed E-state index contributed by atoms with van der Waals surface area (Å²) in [5.74, 6) is -0.0879. The van der Waals surface area contributed by atoms with E-state index in [1.54, 1.807) is 0 Å². The maximum Gasteiger partial charge on any atom is 0.307 e. The molecule has 1 aliphatic rings. The van der Waals surface area contributed by atoms with Gasteiger partial charge in [-0.05, 0) is 51.3 Å². The molecule has 0 heterocycles. The van der Waals surface area contributed by atoms with E-state index >= 15 is 0 Å². The molecule has 1 aromatic carbocycles. The highest BCUT2D eigenvalue weighted by Crippen LogP contribution is 2.47. The molecule has 104 valence electrons. The van der Waals surface area contributed by atoms with E-state index in [4.69, 9.17) is 4.74 Å². The molecule has 0 spiro atoms. The minimum absolute atomic E-state index is 0.00301. The number of halogens is 1. The molecule has 2 rings (SSSR count). The van der Waals surface area contributed by atoms with Gasteiger partial charge in [-0.3, -0.25) is 4.79 Å². The third-order valence-corrected chi connectivity index (χ3v) is 4.20. The van der Waals surface area contributed by atoms with Crippen molar-refractivity contribution >= 4 is 21.9 Å². The first-order chi connectivity index (χ1) is 8.81. The van der Waals surface area contributed by atoms with Gasteiger partial charge in [0.2, 0.25) is 0 Å². The van der Waals surface area contributed by atoms with Crippen molar-refractivity contribution < 1.29 is 9.53 Å². The third-order valence-electron chi connectivity index (χ3n) is 3.67. The van der Waals surface area contributed by atoms with Gasteiger partial charge in [0.05, 0.1) is 6.42 Å². The average molecular weight is 325 g/mol. The molecule has 0 radical (unpaired) electrons. The molecule has 0 aliphatic heterocycles. The van der Waals surface area contributed by atoms with Crippen molar-refractivity contribution in [3.63, 3.8) is 0 Å². The van der Waals surface area contributed by atoms with Gasteiger partial charge in [-0.25, -0.2) is 0 Å². The number of rotatable bonds is 3. The van der Waals surface area contributed by atoms with E-state index in [1.807, 2.05) is 32.9 Å². The second-order valence-electron chi connectivity index (χ2n) is 6.40. The van der Waals surface area contributed by atoms with Gasteiger partial charge in [-0.1, -0.05) is 34.5 Å². The summed E-state index contributed by atoms with van der Waals surface area (Å²) in [6.07, 6.45) is 3.84. The van der Waals surface area contributed by atoms with E-state index in [1.165, 1.54) is 12.0 Å². The summed E-state index contributed by atoms with van der Waals surface area (Å²) in [4.78, 5) is 12.1. The fourth-order valence-electron chi connectivity index (χ4n) is 2.63. The molecular formula is C16H21BrO2. The molecule has 0 bridgehead atoms. The molecule has 1 aliphatic carbocycles. The van der Waals surface area contributed by atoms with Gasteiger partial charge in [-0.15, -0.1) is 0 Å².